The molecule has 152 valence electrons. The van der Waals surface area contributed by atoms with Crippen LogP contribution < -0.4 is 16.0 Å². The third kappa shape index (κ3) is 3.88. The number of nitrogens with zero attached hydrogens (tertiary/aromatic N) is 6. The molecule has 2 aliphatic heterocycles. The van der Waals surface area contributed by atoms with E-state index in [9.17, 15) is 0 Å². The molecular formula is C19H24N8OS. The van der Waals surface area contributed by atoms with Crippen molar-refractivity contribution in [2.75, 3.05) is 63.1 Å². The van der Waals surface area contributed by atoms with Crippen molar-refractivity contribution in [2.24, 2.45) is 0 Å². The number of anilines is 2. The van der Waals surface area contributed by atoms with Crippen molar-refractivity contribution < 1.29 is 4.74 Å². The first-order valence-electron chi connectivity index (χ1n) is 9.90. The fraction of sp³-hybridized carbons (Fsp3) is 0.474. The van der Waals surface area contributed by atoms with Crippen molar-refractivity contribution in [2.45, 2.75) is 6.54 Å². The third-order valence-corrected chi connectivity index (χ3v) is 6.34. The number of nitrogen functional groups attached to an aromatic ring is 1. The Morgan fingerprint density at radius 1 is 1.07 bits per heavy atom. The molecule has 0 spiro atoms. The summed E-state index contributed by atoms with van der Waals surface area (Å²) in [6.45, 7) is 8.04. The van der Waals surface area contributed by atoms with Crippen molar-refractivity contribution in [3.63, 3.8) is 0 Å². The lowest BCUT2D eigenvalue weighted by atomic mass is 10.2. The van der Waals surface area contributed by atoms with Gasteiger partial charge in [0.2, 0.25) is 11.9 Å². The van der Waals surface area contributed by atoms with E-state index in [-0.39, 0.29) is 5.95 Å². The molecule has 9 nitrogen and oxygen atoms in total. The van der Waals surface area contributed by atoms with Gasteiger partial charge in [0, 0.05) is 69.3 Å². The summed E-state index contributed by atoms with van der Waals surface area (Å²) in [6, 6.07) is 0. The van der Waals surface area contributed by atoms with Crippen LogP contribution in [0.25, 0.3) is 21.5 Å². The maximum absolute atomic E-state index is 5.69. The molecule has 0 aromatic carbocycles. The van der Waals surface area contributed by atoms with E-state index in [2.05, 4.69) is 30.5 Å². The van der Waals surface area contributed by atoms with Crippen LogP contribution in [0.2, 0.25) is 0 Å². The van der Waals surface area contributed by atoms with Crippen LogP contribution in [0, 0.1) is 0 Å². The summed E-state index contributed by atoms with van der Waals surface area (Å²) in [5.74, 6) is 1.01. The number of piperazine rings is 1. The Labute approximate surface area is 172 Å². The Morgan fingerprint density at radius 2 is 1.83 bits per heavy atom. The van der Waals surface area contributed by atoms with Gasteiger partial charge in [-0.15, -0.1) is 11.3 Å². The minimum absolute atomic E-state index is 0.262. The smallest absolute Gasteiger partial charge is 0.226 e. The summed E-state index contributed by atoms with van der Waals surface area (Å²) in [6.07, 6.45) is 3.48. The number of nitrogens with two attached hydrogens (primary N) is 1. The summed E-state index contributed by atoms with van der Waals surface area (Å²) in [5, 5.41) is 5.63. The lowest BCUT2D eigenvalue weighted by Crippen LogP contribution is -2.42. The predicted molar refractivity (Wildman–Crippen MR) is 114 cm³/mol. The molecule has 0 aliphatic carbocycles. The fourth-order valence-corrected chi connectivity index (χ4v) is 4.75. The molecule has 3 aromatic rings. The molecule has 0 saturated carbocycles. The molecule has 2 aliphatic rings. The maximum Gasteiger partial charge on any atom is 0.226 e. The summed E-state index contributed by atoms with van der Waals surface area (Å²) < 4.78 is 6.57. The molecule has 0 bridgehead atoms. The van der Waals surface area contributed by atoms with Crippen molar-refractivity contribution >= 4 is 33.5 Å². The highest BCUT2D eigenvalue weighted by molar-refractivity contribution is 7.17. The normalized spacial score (nSPS) is 18.4. The van der Waals surface area contributed by atoms with Crippen molar-refractivity contribution in [1.82, 2.24) is 30.2 Å². The number of thiophene rings is 1. The van der Waals surface area contributed by atoms with Gasteiger partial charge < -0.3 is 20.7 Å². The van der Waals surface area contributed by atoms with Crippen LogP contribution in [0.3, 0.4) is 0 Å². The molecular weight excluding hydrogens is 388 g/mol. The third-order valence-electron chi connectivity index (χ3n) is 5.32. The van der Waals surface area contributed by atoms with Gasteiger partial charge in [-0.05, 0) is 5.38 Å². The summed E-state index contributed by atoms with van der Waals surface area (Å²) in [7, 11) is 0. The highest BCUT2D eigenvalue weighted by Gasteiger charge is 2.21. The molecule has 2 fully saturated rings. The zero-order chi connectivity index (χ0) is 19.6. The van der Waals surface area contributed by atoms with Crippen LogP contribution in [0.4, 0.5) is 11.9 Å². The first-order chi connectivity index (χ1) is 14.3. The Kier molecular flexibility index (Phi) is 5.23. The van der Waals surface area contributed by atoms with E-state index in [1.807, 2.05) is 0 Å². The highest BCUT2D eigenvalue weighted by Crippen LogP contribution is 2.35. The Bertz CT molecular complexity index is 980. The molecule has 0 atom stereocenters. The number of aromatic nitrogens is 4. The predicted octanol–water partition coefficient (Wildman–Crippen LogP) is 0.972. The monoisotopic (exact) mass is 412 g/mol. The molecule has 3 aromatic heterocycles. The van der Waals surface area contributed by atoms with Crippen molar-refractivity contribution in [3.05, 3.63) is 23.3 Å². The number of morpholine rings is 1. The number of ether oxygens (including phenoxy) is 1. The summed E-state index contributed by atoms with van der Waals surface area (Å²) >= 11 is 1.69. The van der Waals surface area contributed by atoms with Gasteiger partial charge in [0.1, 0.15) is 0 Å². The number of hydrogen-bond acceptors (Lipinski definition) is 10. The van der Waals surface area contributed by atoms with Crippen LogP contribution in [0.5, 0.6) is 0 Å². The molecule has 29 heavy (non-hydrogen) atoms. The van der Waals surface area contributed by atoms with E-state index in [0.717, 1.165) is 73.2 Å². The lowest BCUT2D eigenvalue weighted by molar-refractivity contribution is 0.122. The average molecular weight is 413 g/mol. The van der Waals surface area contributed by atoms with Gasteiger partial charge in [-0.25, -0.2) is 19.9 Å². The SMILES string of the molecule is Nc1ncc(-c2nc(N3CCOCC3)nc3c(CN4CCNCC4)csc23)cn1. The van der Waals surface area contributed by atoms with Gasteiger partial charge in [-0.3, -0.25) is 4.90 Å². The zero-order valence-electron chi connectivity index (χ0n) is 16.2. The quantitative estimate of drug-likeness (QED) is 0.648. The van der Waals surface area contributed by atoms with Crippen LogP contribution in [0.15, 0.2) is 17.8 Å². The van der Waals surface area contributed by atoms with Gasteiger partial charge in [-0.2, -0.15) is 0 Å². The van der Waals surface area contributed by atoms with Crippen LogP contribution in [-0.2, 0) is 11.3 Å². The number of rotatable bonds is 4. The molecule has 10 heteroatoms. The molecule has 5 heterocycles. The lowest BCUT2D eigenvalue weighted by Gasteiger charge is -2.28. The standard InChI is InChI=1S/C19H24N8OS/c20-18-22-9-13(10-23-18)15-17-16(25-19(24-15)27-5-7-28-8-6-27)14(12-29-17)11-26-3-1-21-2-4-26/h9-10,12,21H,1-8,11H2,(H2,20,22,23). The van der Waals surface area contributed by atoms with Crippen molar-refractivity contribution in [3.8, 4) is 11.3 Å². The molecule has 0 amide bonds. The van der Waals surface area contributed by atoms with E-state index in [1.165, 1.54) is 5.56 Å². The number of hydrogen-bond donors (Lipinski definition) is 2. The number of fused-ring (bicyclic) bond motifs is 1. The second kappa shape index (κ2) is 8.15. The Hall–Kier alpha value is -2.40. The van der Waals surface area contributed by atoms with Gasteiger partial charge in [0.15, 0.2) is 0 Å². The largest absolute Gasteiger partial charge is 0.378 e. The second-order valence-electron chi connectivity index (χ2n) is 7.27. The van der Waals surface area contributed by atoms with E-state index in [1.54, 1.807) is 23.7 Å². The van der Waals surface area contributed by atoms with Crippen LogP contribution in [-0.4, -0.2) is 77.3 Å². The van der Waals surface area contributed by atoms with Gasteiger partial charge >= 0.3 is 0 Å². The second-order valence-corrected chi connectivity index (χ2v) is 8.15. The minimum Gasteiger partial charge on any atom is -0.378 e. The molecule has 3 N–H and O–H groups in total. The van der Waals surface area contributed by atoms with E-state index in [0.29, 0.717) is 13.2 Å². The Balaban J connectivity index is 1.58. The highest BCUT2D eigenvalue weighted by atomic mass is 32.1. The van der Waals surface area contributed by atoms with Gasteiger partial charge in [0.05, 0.1) is 29.1 Å². The fourth-order valence-electron chi connectivity index (χ4n) is 3.74. The molecule has 2 saturated heterocycles. The first-order valence-corrected chi connectivity index (χ1v) is 10.8. The molecule has 0 unspecified atom stereocenters. The van der Waals surface area contributed by atoms with Crippen molar-refractivity contribution in [1.29, 1.82) is 0 Å². The summed E-state index contributed by atoms with van der Waals surface area (Å²) in [4.78, 5) is 22.9. The zero-order valence-corrected chi connectivity index (χ0v) is 17.0. The topological polar surface area (TPSA) is 105 Å². The van der Waals surface area contributed by atoms with Gasteiger partial charge in [-0.1, -0.05) is 0 Å². The van der Waals surface area contributed by atoms with E-state index >= 15 is 0 Å². The van der Waals surface area contributed by atoms with E-state index in [4.69, 9.17) is 20.4 Å². The number of nitrogens with one attached hydrogen (secondary N) is 1. The van der Waals surface area contributed by atoms with Gasteiger partial charge in [0.25, 0.3) is 0 Å². The first kappa shape index (κ1) is 18.6. The van der Waals surface area contributed by atoms with E-state index < -0.39 is 0 Å². The molecule has 5 rings (SSSR count). The minimum atomic E-state index is 0.262. The van der Waals surface area contributed by atoms with Crippen LogP contribution in [0.1, 0.15) is 5.56 Å². The summed E-state index contributed by atoms with van der Waals surface area (Å²) in [5.41, 5.74) is 9.69. The maximum atomic E-state index is 5.69. The average Bonchev–Trinajstić information content (AvgIpc) is 3.18. The van der Waals surface area contributed by atoms with Crippen LogP contribution >= 0.6 is 11.3 Å². The molecule has 0 radical (unpaired) electrons. The Morgan fingerprint density at radius 3 is 2.59 bits per heavy atom.